The van der Waals surface area contributed by atoms with Crippen LogP contribution in [0.4, 0.5) is 0 Å². The van der Waals surface area contributed by atoms with E-state index in [-0.39, 0.29) is 0 Å². The predicted octanol–water partition coefficient (Wildman–Crippen LogP) is 1.82. The highest BCUT2D eigenvalue weighted by Crippen LogP contribution is 2.10. The zero-order chi connectivity index (χ0) is 13.8. The topological polar surface area (TPSA) is 47.1 Å². The fourth-order valence-corrected chi connectivity index (χ4v) is 2.24. The molecule has 4 heteroatoms. The molecule has 2 N–H and O–H groups in total. The maximum atomic E-state index is 5.60. The van der Waals surface area contributed by atoms with Crippen LogP contribution in [-0.2, 0) is 26.7 Å². The van der Waals surface area contributed by atoms with Crippen molar-refractivity contribution >= 4 is 0 Å². The smallest absolute Gasteiger partial charge is 0.0597 e. The first kappa shape index (κ1) is 13.8. The Kier molecular flexibility index (Phi) is 4.35. The largest absolute Gasteiger partial charge is 0.326 e. The van der Waals surface area contributed by atoms with Gasteiger partial charge in [-0.1, -0.05) is 24.3 Å². The van der Waals surface area contributed by atoms with Gasteiger partial charge in [0.25, 0.3) is 0 Å². The minimum atomic E-state index is 0.602. The quantitative estimate of drug-likeness (QED) is 0.890. The second-order valence-corrected chi connectivity index (χ2v) is 5.09. The van der Waals surface area contributed by atoms with Gasteiger partial charge in [-0.3, -0.25) is 9.58 Å². The van der Waals surface area contributed by atoms with Gasteiger partial charge in [-0.15, -0.1) is 0 Å². The van der Waals surface area contributed by atoms with Crippen LogP contribution in [0.25, 0.3) is 0 Å². The summed E-state index contributed by atoms with van der Waals surface area (Å²) in [4.78, 5) is 2.29. The van der Waals surface area contributed by atoms with Crippen molar-refractivity contribution in [1.29, 1.82) is 0 Å². The van der Waals surface area contributed by atoms with Crippen LogP contribution in [0.3, 0.4) is 0 Å². The van der Waals surface area contributed by atoms with Crippen molar-refractivity contribution < 1.29 is 0 Å². The van der Waals surface area contributed by atoms with E-state index in [9.17, 15) is 0 Å². The highest BCUT2D eigenvalue weighted by molar-refractivity contribution is 5.22. The maximum absolute atomic E-state index is 5.60. The van der Waals surface area contributed by atoms with Crippen LogP contribution < -0.4 is 5.73 Å². The van der Waals surface area contributed by atoms with Crippen LogP contribution in [0.2, 0.25) is 0 Å². The fourth-order valence-electron chi connectivity index (χ4n) is 2.24. The monoisotopic (exact) mass is 258 g/mol. The van der Waals surface area contributed by atoms with Crippen LogP contribution in [0, 0.1) is 6.92 Å². The summed E-state index contributed by atoms with van der Waals surface area (Å²) in [5.41, 5.74) is 10.4. The van der Waals surface area contributed by atoms with E-state index in [1.807, 2.05) is 18.7 Å². The second kappa shape index (κ2) is 5.99. The molecule has 0 radical (unpaired) electrons. The molecule has 1 aromatic carbocycles. The minimum Gasteiger partial charge on any atom is -0.326 e. The summed E-state index contributed by atoms with van der Waals surface area (Å²) in [6, 6.07) is 10.6. The van der Waals surface area contributed by atoms with Gasteiger partial charge in [0.15, 0.2) is 0 Å². The van der Waals surface area contributed by atoms with Crippen LogP contribution in [-0.4, -0.2) is 21.7 Å². The average Bonchev–Trinajstić information content (AvgIpc) is 2.68. The number of aryl methyl sites for hydroxylation is 2. The molecule has 102 valence electrons. The molecule has 2 rings (SSSR count). The molecule has 0 atom stereocenters. The van der Waals surface area contributed by atoms with E-state index in [4.69, 9.17) is 5.73 Å². The normalized spacial score (nSPS) is 11.2. The van der Waals surface area contributed by atoms with E-state index in [1.54, 1.807) is 0 Å². The molecule has 0 aliphatic carbocycles. The van der Waals surface area contributed by atoms with Crippen molar-refractivity contribution in [2.75, 3.05) is 7.05 Å². The number of nitrogens with two attached hydrogens (primary N) is 1. The van der Waals surface area contributed by atoms with Crippen LogP contribution in [0.1, 0.15) is 22.5 Å². The third kappa shape index (κ3) is 3.66. The van der Waals surface area contributed by atoms with Gasteiger partial charge >= 0.3 is 0 Å². The number of hydrogen-bond donors (Lipinski definition) is 1. The van der Waals surface area contributed by atoms with Gasteiger partial charge in [-0.25, -0.2) is 0 Å². The lowest BCUT2D eigenvalue weighted by Crippen LogP contribution is -2.19. The SMILES string of the molecule is Cc1cc(CN(C)Cc2ccc(CN)cc2)n(C)n1. The molecule has 0 unspecified atom stereocenters. The van der Waals surface area contributed by atoms with Crippen molar-refractivity contribution in [1.82, 2.24) is 14.7 Å². The predicted molar refractivity (Wildman–Crippen MR) is 77.4 cm³/mol. The molecule has 0 aliphatic rings. The lowest BCUT2D eigenvalue weighted by atomic mass is 10.1. The van der Waals surface area contributed by atoms with Crippen LogP contribution >= 0.6 is 0 Å². The Morgan fingerprint density at radius 3 is 2.32 bits per heavy atom. The molecule has 0 amide bonds. The molecule has 1 aromatic heterocycles. The summed E-state index contributed by atoms with van der Waals surface area (Å²) in [5.74, 6) is 0. The lowest BCUT2D eigenvalue weighted by molar-refractivity contribution is 0.309. The van der Waals surface area contributed by atoms with Gasteiger partial charge < -0.3 is 5.73 Å². The standard InChI is InChI=1S/C15H22N4/c1-12-8-15(19(3)17-12)11-18(2)10-14-6-4-13(9-16)5-7-14/h4-8H,9-11,16H2,1-3H3. The summed E-state index contributed by atoms with van der Waals surface area (Å²) in [6.45, 7) is 4.45. The van der Waals surface area contributed by atoms with E-state index in [1.165, 1.54) is 16.8 Å². The Hall–Kier alpha value is -1.65. The first-order valence-corrected chi connectivity index (χ1v) is 6.54. The maximum Gasteiger partial charge on any atom is 0.0597 e. The van der Waals surface area contributed by atoms with Gasteiger partial charge in [0.05, 0.1) is 11.4 Å². The van der Waals surface area contributed by atoms with Crippen molar-refractivity contribution in [2.24, 2.45) is 12.8 Å². The summed E-state index contributed by atoms with van der Waals surface area (Å²) >= 11 is 0. The van der Waals surface area contributed by atoms with Crippen molar-refractivity contribution in [3.05, 3.63) is 52.8 Å². The molecule has 2 aromatic rings. The summed E-state index contributed by atoms with van der Waals surface area (Å²) in [6.07, 6.45) is 0. The third-order valence-corrected chi connectivity index (χ3v) is 3.24. The minimum absolute atomic E-state index is 0.602. The summed E-state index contributed by atoms with van der Waals surface area (Å²) in [7, 11) is 4.12. The molecule has 1 heterocycles. The summed E-state index contributed by atoms with van der Waals surface area (Å²) in [5, 5.41) is 4.37. The number of hydrogen-bond acceptors (Lipinski definition) is 3. The molecule has 4 nitrogen and oxygen atoms in total. The first-order valence-electron chi connectivity index (χ1n) is 6.54. The van der Waals surface area contributed by atoms with Gasteiger partial charge in [-0.2, -0.15) is 5.10 Å². The van der Waals surface area contributed by atoms with Gasteiger partial charge in [0, 0.05) is 26.7 Å². The highest BCUT2D eigenvalue weighted by atomic mass is 15.3. The van der Waals surface area contributed by atoms with E-state index in [0.29, 0.717) is 6.54 Å². The van der Waals surface area contributed by atoms with Crippen molar-refractivity contribution in [3.8, 4) is 0 Å². The molecule has 0 bridgehead atoms. The van der Waals surface area contributed by atoms with E-state index in [2.05, 4.69) is 47.4 Å². The fraction of sp³-hybridized carbons (Fsp3) is 0.400. The van der Waals surface area contributed by atoms with E-state index in [0.717, 1.165) is 18.8 Å². The molecule has 0 spiro atoms. The molecule has 0 fully saturated rings. The molecule has 0 saturated heterocycles. The molecule has 0 aliphatic heterocycles. The Morgan fingerprint density at radius 2 is 1.79 bits per heavy atom. The van der Waals surface area contributed by atoms with Crippen molar-refractivity contribution in [3.63, 3.8) is 0 Å². The zero-order valence-corrected chi connectivity index (χ0v) is 11.9. The zero-order valence-electron chi connectivity index (χ0n) is 11.9. The number of benzene rings is 1. The van der Waals surface area contributed by atoms with E-state index < -0.39 is 0 Å². The molecular formula is C15H22N4. The lowest BCUT2D eigenvalue weighted by Gasteiger charge is -2.16. The van der Waals surface area contributed by atoms with Gasteiger partial charge in [0.1, 0.15) is 0 Å². The first-order chi connectivity index (χ1) is 9.08. The van der Waals surface area contributed by atoms with E-state index >= 15 is 0 Å². The molecule has 19 heavy (non-hydrogen) atoms. The summed E-state index contributed by atoms with van der Waals surface area (Å²) < 4.78 is 1.95. The van der Waals surface area contributed by atoms with Crippen LogP contribution in [0.5, 0.6) is 0 Å². The Bertz CT molecular complexity index is 528. The Balaban J connectivity index is 1.96. The number of rotatable bonds is 5. The Labute approximate surface area is 114 Å². The van der Waals surface area contributed by atoms with Crippen LogP contribution in [0.15, 0.2) is 30.3 Å². The molecular weight excluding hydrogens is 236 g/mol. The third-order valence-electron chi connectivity index (χ3n) is 3.24. The Morgan fingerprint density at radius 1 is 1.16 bits per heavy atom. The number of nitrogens with zero attached hydrogens (tertiary/aromatic N) is 3. The number of aromatic nitrogens is 2. The second-order valence-electron chi connectivity index (χ2n) is 5.09. The van der Waals surface area contributed by atoms with Gasteiger partial charge in [0.2, 0.25) is 0 Å². The molecule has 0 saturated carbocycles. The highest BCUT2D eigenvalue weighted by Gasteiger charge is 2.06. The van der Waals surface area contributed by atoms with Crippen molar-refractivity contribution in [2.45, 2.75) is 26.6 Å². The van der Waals surface area contributed by atoms with Gasteiger partial charge in [-0.05, 0) is 31.2 Å². The average molecular weight is 258 g/mol.